The van der Waals surface area contributed by atoms with Crippen LogP contribution < -0.4 is 5.73 Å². The SMILES string of the molecule is Nc1nc2c3c(ccn3n1)C(c1ccc(O)cc1O)=Nc1ccccc1-2. The maximum Gasteiger partial charge on any atom is 0.238 e. The smallest absolute Gasteiger partial charge is 0.238 e. The van der Waals surface area contributed by atoms with E-state index in [0.717, 1.165) is 16.6 Å². The standard InChI is InChI=1S/C19H13N5O2/c20-19-22-17-11-3-1-2-4-14(11)21-16(12-6-5-10(25)9-15(12)26)13-7-8-24(23-19)18(13)17/h1-9,25-26H,(H2,20,23). The summed E-state index contributed by atoms with van der Waals surface area (Å²) in [7, 11) is 0. The van der Waals surface area contributed by atoms with Gasteiger partial charge in [-0.25, -0.2) is 14.5 Å². The van der Waals surface area contributed by atoms with Gasteiger partial charge in [0.05, 0.1) is 11.4 Å². The molecular formula is C19H13N5O2. The van der Waals surface area contributed by atoms with Crippen LogP contribution in [-0.2, 0) is 0 Å². The van der Waals surface area contributed by atoms with Gasteiger partial charge >= 0.3 is 0 Å². The van der Waals surface area contributed by atoms with Gasteiger partial charge in [0.15, 0.2) is 0 Å². The van der Waals surface area contributed by atoms with Gasteiger partial charge in [0, 0.05) is 29.0 Å². The number of nitrogens with two attached hydrogens (primary N) is 1. The van der Waals surface area contributed by atoms with Crippen LogP contribution in [-0.4, -0.2) is 30.5 Å². The first-order chi connectivity index (χ1) is 12.6. The Hall–Kier alpha value is -3.87. The molecule has 3 heterocycles. The number of aliphatic imine (C=N–C) groups is 1. The molecule has 0 fully saturated rings. The molecule has 4 aromatic rings. The van der Waals surface area contributed by atoms with Crippen molar-refractivity contribution in [1.29, 1.82) is 0 Å². The molecule has 5 rings (SSSR count). The van der Waals surface area contributed by atoms with E-state index in [-0.39, 0.29) is 17.4 Å². The van der Waals surface area contributed by atoms with Crippen LogP contribution in [0, 0.1) is 0 Å². The van der Waals surface area contributed by atoms with Crippen molar-refractivity contribution in [2.24, 2.45) is 4.99 Å². The lowest BCUT2D eigenvalue weighted by Gasteiger charge is -2.08. The van der Waals surface area contributed by atoms with Gasteiger partial charge in [-0.3, -0.25) is 0 Å². The molecule has 7 heteroatoms. The van der Waals surface area contributed by atoms with Crippen LogP contribution in [0.1, 0.15) is 11.1 Å². The molecular weight excluding hydrogens is 330 g/mol. The fourth-order valence-electron chi connectivity index (χ4n) is 3.30. The summed E-state index contributed by atoms with van der Waals surface area (Å²) in [5.41, 5.74) is 10.7. The number of anilines is 1. The molecule has 7 nitrogen and oxygen atoms in total. The van der Waals surface area contributed by atoms with Crippen molar-refractivity contribution < 1.29 is 10.2 Å². The van der Waals surface area contributed by atoms with Crippen LogP contribution in [0.25, 0.3) is 16.8 Å². The van der Waals surface area contributed by atoms with Gasteiger partial charge in [-0.2, -0.15) is 0 Å². The van der Waals surface area contributed by atoms with E-state index in [4.69, 9.17) is 10.7 Å². The average molecular weight is 343 g/mol. The average Bonchev–Trinajstić information content (AvgIpc) is 2.97. The number of aromatic hydroxyl groups is 2. The van der Waals surface area contributed by atoms with E-state index in [1.807, 2.05) is 30.3 Å². The number of hydrogen-bond donors (Lipinski definition) is 3. The molecule has 0 bridgehead atoms. The van der Waals surface area contributed by atoms with Gasteiger partial charge in [-0.1, -0.05) is 18.2 Å². The zero-order valence-electron chi connectivity index (χ0n) is 13.5. The number of fused-ring (bicyclic) bond motifs is 2. The summed E-state index contributed by atoms with van der Waals surface area (Å²) in [6, 6.07) is 13.9. The molecule has 0 saturated heterocycles. The number of aromatic nitrogens is 3. The third-order valence-electron chi connectivity index (χ3n) is 4.41. The highest BCUT2D eigenvalue weighted by Crippen LogP contribution is 2.39. The summed E-state index contributed by atoms with van der Waals surface area (Å²) in [6.07, 6.45) is 1.78. The molecule has 0 spiro atoms. The van der Waals surface area contributed by atoms with Crippen molar-refractivity contribution in [3.8, 4) is 22.8 Å². The molecule has 0 radical (unpaired) electrons. The Kier molecular flexibility index (Phi) is 2.82. The van der Waals surface area contributed by atoms with Gasteiger partial charge in [0.25, 0.3) is 0 Å². The minimum atomic E-state index is -0.0552. The first-order valence-corrected chi connectivity index (χ1v) is 7.97. The van der Waals surface area contributed by atoms with E-state index >= 15 is 0 Å². The zero-order valence-corrected chi connectivity index (χ0v) is 13.5. The molecule has 0 atom stereocenters. The fourth-order valence-corrected chi connectivity index (χ4v) is 3.30. The number of phenols is 2. The number of nitrogen functional groups attached to an aromatic ring is 1. The number of phenolic OH excluding ortho intramolecular Hbond substituents is 2. The minimum Gasteiger partial charge on any atom is -0.508 e. The van der Waals surface area contributed by atoms with Gasteiger partial charge in [-0.15, -0.1) is 5.10 Å². The van der Waals surface area contributed by atoms with E-state index in [2.05, 4.69) is 10.1 Å². The van der Waals surface area contributed by atoms with Crippen LogP contribution in [0.3, 0.4) is 0 Å². The zero-order chi connectivity index (χ0) is 17.8. The van der Waals surface area contributed by atoms with E-state index in [1.165, 1.54) is 12.1 Å². The molecule has 1 aliphatic rings. The highest BCUT2D eigenvalue weighted by Gasteiger charge is 2.24. The Bertz CT molecular complexity index is 1230. The molecule has 0 saturated carbocycles. The maximum absolute atomic E-state index is 10.4. The van der Waals surface area contributed by atoms with E-state index in [9.17, 15) is 10.2 Å². The van der Waals surface area contributed by atoms with Crippen molar-refractivity contribution >= 4 is 22.9 Å². The molecule has 0 amide bonds. The third-order valence-corrected chi connectivity index (χ3v) is 4.41. The van der Waals surface area contributed by atoms with Crippen molar-refractivity contribution in [1.82, 2.24) is 14.6 Å². The lowest BCUT2D eigenvalue weighted by molar-refractivity contribution is 0.450. The van der Waals surface area contributed by atoms with Crippen molar-refractivity contribution in [3.63, 3.8) is 0 Å². The molecule has 0 aliphatic carbocycles. The lowest BCUT2D eigenvalue weighted by atomic mass is 10.0. The summed E-state index contributed by atoms with van der Waals surface area (Å²) in [4.78, 5) is 9.23. The predicted molar refractivity (Wildman–Crippen MR) is 97.9 cm³/mol. The van der Waals surface area contributed by atoms with Gasteiger partial charge in [-0.05, 0) is 24.3 Å². The van der Waals surface area contributed by atoms with Crippen LogP contribution in [0.2, 0.25) is 0 Å². The molecule has 2 aromatic carbocycles. The Balaban J connectivity index is 1.93. The van der Waals surface area contributed by atoms with E-state index in [1.54, 1.807) is 16.8 Å². The minimum absolute atomic E-state index is 0.0144. The van der Waals surface area contributed by atoms with Gasteiger partial charge < -0.3 is 15.9 Å². The fraction of sp³-hybridized carbons (Fsp3) is 0. The van der Waals surface area contributed by atoms with Crippen LogP contribution in [0.5, 0.6) is 11.5 Å². The Labute approximate surface area is 147 Å². The second-order valence-corrected chi connectivity index (χ2v) is 6.02. The third kappa shape index (κ3) is 1.97. The Morgan fingerprint density at radius 1 is 0.923 bits per heavy atom. The van der Waals surface area contributed by atoms with Crippen LogP contribution in [0.4, 0.5) is 11.6 Å². The number of nitrogens with zero attached hydrogens (tertiary/aromatic N) is 4. The summed E-state index contributed by atoms with van der Waals surface area (Å²) in [5, 5.41) is 24.2. The molecule has 4 N–H and O–H groups in total. The number of benzene rings is 2. The second-order valence-electron chi connectivity index (χ2n) is 6.02. The first-order valence-electron chi connectivity index (χ1n) is 7.97. The summed E-state index contributed by atoms with van der Waals surface area (Å²) in [6.45, 7) is 0. The van der Waals surface area contributed by atoms with Crippen molar-refractivity contribution in [2.45, 2.75) is 0 Å². The van der Waals surface area contributed by atoms with Crippen molar-refractivity contribution in [2.75, 3.05) is 5.73 Å². The van der Waals surface area contributed by atoms with Crippen LogP contribution in [0.15, 0.2) is 59.7 Å². The molecule has 2 aromatic heterocycles. The number of rotatable bonds is 1. The highest BCUT2D eigenvalue weighted by atomic mass is 16.3. The Morgan fingerprint density at radius 3 is 2.62 bits per heavy atom. The largest absolute Gasteiger partial charge is 0.508 e. The molecule has 126 valence electrons. The number of hydrogen-bond acceptors (Lipinski definition) is 6. The summed E-state index contributed by atoms with van der Waals surface area (Å²) >= 11 is 0. The van der Waals surface area contributed by atoms with Crippen molar-refractivity contribution in [3.05, 3.63) is 65.9 Å². The normalized spacial score (nSPS) is 12.5. The predicted octanol–water partition coefficient (Wildman–Crippen LogP) is 2.87. The maximum atomic E-state index is 10.4. The second kappa shape index (κ2) is 5.06. The van der Waals surface area contributed by atoms with E-state index < -0.39 is 0 Å². The number of para-hydroxylation sites is 1. The van der Waals surface area contributed by atoms with Gasteiger partial charge in [0.1, 0.15) is 22.7 Å². The van der Waals surface area contributed by atoms with Crippen LogP contribution >= 0.6 is 0 Å². The lowest BCUT2D eigenvalue weighted by Crippen LogP contribution is -2.06. The summed E-state index contributed by atoms with van der Waals surface area (Å²) in [5.74, 6) is 0.0974. The highest BCUT2D eigenvalue weighted by molar-refractivity contribution is 6.21. The molecule has 26 heavy (non-hydrogen) atoms. The molecule has 0 unspecified atom stereocenters. The van der Waals surface area contributed by atoms with Gasteiger partial charge in [0.2, 0.25) is 5.95 Å². The summed E-state index contributed by atoms with van der Waals surface area (Å²) < 4.78 is 1.67. The quantitative estimate of drug-likeness (QED) is 0.433. The van der Waals surface area contributed by atoms with E-state index in [0.29, 0.717) is 22.7 Å². The monoisotopic (exact) mass is 343 g/mol. The first kappa shape index (κ1) is 14.5. The molecule has 1 aliphatic heterocycles. The topological polar surface area (TPSA) is 109 Å². The Morgan fingerprint density at radius 2 is 1.77 bits per heavy atom.